The number of nitrogens with one attached hydrogen (secondary N) is 1. The molecule has 0 spiro atoms. The van der Waals surface area contributed by atoms with E-state index in [-0.39, 0.29) is 23.8 Å². The molecule has 3 aromatic rings. The highest BCUT2D eigenvalue weighted by Crippen LogP contribution is 2.28. The van der Waals surface area contributed by atoms with Gasteiger partial charge in [0.25, 0.3) is 11.4 Å². The molecule has 1 aliphatic heterocycles. The van der Waals surface area contributed by atoms with Crippen LogP contribution in [0.2, 0.25) is 0 Å². The predicted molar refractivity (Wildman–Crippen MR) is 104 cm³/mol. The van der Waals surface area contributed by atoms with Crippen molar-refractivity contribution in [1.29, 1.82) is 0 Å². The average molecular weight is 394 g/mol. The molecular formula is C20H22N6O3. The number of rotatable bonds is 4. The molecule has 3 aromatic heterocycles. The molecule has 0 unspecified atom stereocenters. The Bertz CT molecular complexity index is 1070. The topological polar surface area (TPSA) is 118 Å². The molecule has 0 aromatic carbocycles. The van der Waals surface area contributed by atoms with Gasteiger partial charge < -0.3 is 14.4 Å². The van der Waals surface area contributed by atoms with Gasteiger partial charge in [0.2, 0.25) is 5.91 Å². The highest BCUT2D eigenvalue weighted by atomic mass is 16.5. The first kappa shape index (κ1) is 19.0. The van der Waals surface area contributed by atoms with E-state index in [4.69, 9.17) is 4.52 Å². The van der Waals surface area contributed by atoms with Crippen LogP contribution in [0.5, 0.6) is 0 Å². The van der Waals surface area contributed by atoms with E-state index in [0.717, 1.165) is 18.4 Å². The number of aromatic nitrogens is 5. The van der Waals surface area contributed by atoms with Gasteiger partial charge >= 0.3 is 0 Å². The van der Waals surface area contributed by atoms with Crippen molar-refractivity contribution >= 4 is 5.91 Å². The number of hydrogen-bond donors (Lipinski definition) is 1. The molecule has 4 heterocycles. The van der Waals surface area contributed by atoms with Crippen LogP contribution in [0.4, 0.5) is 0 Å². The lowest BCUT2D eigenvalue weighted by Crippen LogP contribution is -2.40. The third kappa shape index (κ3) is 4.08. The van der Waals surface area contributed by atoms with Crippen LogP contribution in [-0.4, -0.2) is 49.0 Å². The zero-order chi connectivity index (χ0) is 20.4. The van der Waals surface area contributed by atoms with Crippen molar-refractivity contribution in [1.82, 2.24) is 30.0 Å². The lowest BCUT2D eigenvalue weighted by Gasteiger charge is -2.30. The van der Waals surface area contributed by atoms with Crippen LogP contribution in [0.1, 0.15) is 41.7 Å². The lowest BCUT2D eigenvalue weighted by molar-refractivity contribution is -0.131. The first-order valence-corrected chi connectivity index (χ1v) is 9.59. The fourth-order valence-corrected chi connectivity index (χ4v) is 3.62. The average Bonchev–Trinajstić information content (AvgIpc) is 3.21. The summed E-state index contributed by atoms with van der Waals surface area (Å²) in [6.45, 7) is 4.67. The normalized spacial score (nSPS) is 14.9. The number of likely N-dealkylation sites (tertiary alicyclic amines) is 1. The Balaban J connectivity index is 1.38. The maximum absolute atomic E-state index is 12.7. The lowest BCUT2D eigenvalue weighted by atomic mass is 9.95. The Morgan fingerprint density at radius 3 is 2.62 bits per heavy atom. The Morgan fingerprint density at radius 2 is 1.93 bits per heavy atom. The summed E-state index contributed by atoms with van der Waals surface area (Å²) in [6.07, 6.45) is 4.93. The van der Waals surface area contributed by atoms with Crippen molar-refractivity contribution in [3.63, 3.8) is 0 Å². The second kappa shape index (κ2) is 7.94. The third-order valence-corrected chi connectivity index (χ3v) is 5.25. The molecule has 1 aliphatic rings. The number of aryl methyl sites for hydroxylation is 2. The first-order valence-electron chi connectivity index (χ1n) is 9.59. The molecule has 1 amide bonds. The second-order valence-corrected chi connectivity index (χ2v) is 7.24. The van der Waals surface area contributed by atoms with E-state index in [2.05, 4.69) is 25.1 Å². The van der Waals surface area contributed by atoms with Crippen LogP contribution in [0.3, 0.4) is 0 Å². The van der Waals surface area contributed by atoms with Crippen LogP contribution in [0, 0.1) is 13.8 Å². The highest BCUT2D eigenvalue weighted by molar-refractivity contribution is 5.79. The summed E-state index contributed by atoms with van der Waals surface area (Å²) in [4.78, 5) is 42.0. The molecular weight excluding hydrogens is 372 g/mol. The van der Waals surface area contributed by atoms with Gasteiger partial charge in [0.05, 0.1) is 6.42 Å². The van der Waals surface area contributed by atoms with Gasteiger partial charge in [-0.3, -0.25) is 14.6 Å². The van der Waals surface area contributed by atoms with Crippen LogP contribution in [0.15, 0.2) is 33.8 Å². The summed E-state index contributed by atoms with van der Waals surface area (Å²) >= 11 is 0. The number of H-pyrrole nitrogens is 1. The van der Waals surface area contributed by atoms with E-state index in [0.29, 0.717) is 41.9 Å². The number of amides is 1. The van der Waals surface area contributed by atoms with E-state index in [1.807, 2.05) is 12.1 Å². The molecule has 4 rings (SSSR count). The summed E-state index contributed by atoms with van der Waals surface area (Å²) in [5.74, 6) is 1.77. The zero-order valence-electron chi connectivity index (χ0n) is 16.4. The summed E-state index contributed by atoms with van der Waals surface area (Å²) in [5.41, 5.74) is 1.63. The number of nitrogens with zero attached hydrogens (tertiary/aromatic N) is 5. The minimum atomic E-state index is -0.242. The molecule has 0 radical (unpaired) electrons. The highest BCUT2D eigenvalue weighted by Gasteiger charge is 2.28. The Kier molecular flexibility index (Phi) is 5.20. The number of pyridine rings is 1. The molecule has 150 valence electrons. The van der Waals surface area contributed by atoms with Crippen molar-refractivity contribution in [3.8, 4) is 11.5 Å². The van der Waals surface area contributed by atoms with Crippen molar-refractivity contribution in [2.75, 3.05) is 13.1 Å². The Morgan fingerprint density at radius 1 is 1.21 bits per heavy atom. The molecule has 0 saturated carbocycles. The molecule has 1 N–H and O–H groups in total. The van der Waals surface area contributed by atoms with Gasteiger partial charge in [0.15, 0.2) is 5.82 Å². The number of aromatic amines is 1. The Hall–Kier alpha value is -3.36. The van der Waals surface area contributed by atoms with Crippen molar-refractivity contribution in [2.45, 2.75) is 39.0 Å². The van der Waals surface area contributed by atoms with E-state index in [1.54, 1.807) is 31.1 Å². The van der Waals surface area contributed by atoms with Crippen LogP contribution in [0.25, 0.3) is 11.5 Å². The minimum absolute atomic E-state index is 0.0618. The molecule has 29 heavy (non-hydrogen) atoms. The molecule has 1 fully saturated rings. The molecule has 1 saturated heterocycles. The molecule has 0 bridgehead atoms. The number of carbonyl (C=O) groups excluding carboxylic acids is 1. The van der Waals surface area contributed by atoms with Gasteiger partial charge in [-0.2, -0.15) is 4.98 Å². The fraction of sp³-hybridized carbons (Fsp3) is 0.400. The quantitative estimate of drug-likeness (QED) is 0.716. The molecule has 0 atom stereocenters. The summed E-state index contributed by atoms with van der Waals surface area (Å²) in [6, 6.07) is 3.64. The van der Waals surface area contributed by atoms with Crippen LogP contribution >= 0.6 is 0 Å². The van der Waals surface area contributed by atoms with E-state index in [1.165, 1.54) is 0 Å². The number of piperidine rings is 1. The smallest absolute Gasteiger partial charge is 0.258 e. The van der Waals surface area contributed by atoms with Gasteiger partial charge in [-0.15, -0.1) is 0 Å². The second-order valence-electron chi connectivity index (χ2n) is 7.24. The van der Waals surface area contributed by atoms with Crippen molar-refractivity contribution in [3.05, 3.63) is 57.8 Å². The standard InChI is InChI=1S/C20H22N6O3/c1-12-16(19(28)23-13(2)22-12)11-17(27)26-9-5-14(6-10-26)18-24-20(29-25-18)15-3-7-21-8-4-15/h3-4,7-8,14H,5-6,9-11H2,1-2H3,(H,22,23,28). The molecule has 0 aliphatic carbocycles. The summed E-state index contributed by atoms with van der Waals surface area (Å²) in [7, 11) is 0. The first-order chi connectivity index (χ1) is 14.0. The maximum atomic E-state index is 12.7. The third-order valence-electron chi connectivity index (χ3n) is 5.25. The Labute approximate surface area is 167 Å². The zero-order valence-corrected chi connectivity index (χ0v) is 16.4. The number of carbonyl (C=O) groups is 1. The molecule has 9 nitrogen and oxygen atoms in total. The monoisotopic (exact) mass is 394 g/mol. The predicted octanol–water partition coefficient (Wildman–Crippen LogP) is 1.78. The van der Waals surface area contributed by atoms with Crippen molar-refractivity contribution in [2.24, 2.45) is 0 Å². The number of hydrogen-bond acceptors (Lipinski definition) is 7. The molecule has 9 heteroatoms. The van der Waals surface area contributed by atoms with Gasteiger partial charge in [0.1, 0.15) is 5.82 Å². The largest absolute Gasteiger partial charge is 0.342 e. The fourth-order valence-electron chi connectivity index (χ4n) is 3.62. The summed E-state index contributed by atoms with van der Waals surface area (Å²) < 4.78 is 5.38. The van der Waals surface area contributed by atoms with Crippen LogP contribution < -0.4 is 5.56 Å². The van der Waals surface area contributed by atoms with E-state index in [9.17, 15) is 9.59 Å². The SMILES string of the molecule is Cc1nc(C)c(CC(=O)N2CCC(c3noc(-c4ccncc4)n3)CC2)c(=O)[nH]1. The van der Waals surface area contributed by atoms with Crippen LogP contribution in [-0.2, 0) is 11.2 Å². The van der Waals surface area contributed by atoms with Crippen molar-refractivity contribution < 1.29 is 9.32 Å². The summed E-state index contributed by atoms with van der Waals surface area (Å²) in [5, 5.41) is 4.12. The van der Waals surface area contributed by atoms with Gasteiger partial charge in [-0.05, 0) is 38.8 Å². The van der Waals surface area contributed by atoms with Gasteiger partial charge in [-0.1, -0.05) is 5.16 Å². The van der Waals surface area contributed by atoms with E-state index < -0.39 is 0 Å². The van der Waals surface area contributed by atoms with E-state index >= 15 is 0 Å². The minimum Gasteiger partial charge on any atom is -0.342 e. The van der Waals surface area contributed by atoms with Gasteiger partial charge in [0, 0.05) is 48.2 Å². The van der Waals surface area contributed by atoms with Gasteiger partial charge in [-0.25, -0.2) is 4.98 Å². The maximum Gasteiger partial charge on any atom is 0.258 e.